The lowest BCUT2D eigenvalue weighted by Crippen LogP contribution is -1.93. The van der Waals surface area contributed by atoms with Crippen molar-refractivity contribution in [3.63, 3.8) is 0 Å². The molecule has 2 heterocycles. The van der Waals surface area contributed by atoms with E-state index in [9.17, 15) is 4.79 Å². The summed E-state index contributed by atoms with van der Waals surface area (Å²) in [5.41, 5.74) is 1.62. The van der Waals surface area contributed by atoms with Crippen molar-refractivity contribution in [1.29, 1.82) is 0 Å². The van der Waals surface area contributed by atoms with Crippen LogP contribution in [0.1, 0.15) is 5.56 Å². The Hall–Kier alpha value is -1.75. The highest BCUT2D eigenvalue weighted by Gasteiger charge is 2.21. The molecule has 2 aromatic rings. The summed E-state index contributed by atoms with van der Waals surface area (Å²) in [6, 6.07) is 3.52. The average Bonchev–Trinajstić information content (AvgIpc) is 2.84. The number of nitrogens with one attached hydrogen (secondary N) is 1. The Morgan fingerprint density at radius 1 is 1.44 bits per heavy atom. The fraction of sp³-hybridized carbons (Fsp3) is 0.200. The maximum absolute atomic E-state index is 10.9. The molecule has 0 amide bonds. The molecule has 0 atom stereocenters. The highest BCUT2D eigenvalue weighted by Crippen LogP contribution is 2.37. The SMILES string of the molecule is O=c1[nH]nc(-c2cc(Cl)cc3c2OCC3)o1. The first kappa shape index (κ1) is 9.47. The van der Waals surface area contributed by atoms with Gasteiger partial charge in [-0.2, -0.15) is 0 Å². The van der Waals surface area contributed by atoms with Crippen molar-refractivity contribution in [2.24, 2.45) is 0 Å². The van der Waals surface area contributed by atoms with E-state index in [4.69, 9.17) is 20.8 Å². The number of hydrogen-bond donors (Lipinski definition) is 1. The van der Waals surface area contributed by atoms with Crippen LogP contribution in [0.2, 0.25) is 5.02 Å². The summed E-state index contributed by atoms with van der Waals surface area (Å²) in [7, 11) is 0. The third-order valence-corrected chi connectivity index (χ3v) is 2.64. The highest BCUT2D eigenvalue weighted by molar-refractivity contribution is 6.31. The molecule has 6 heteroatoms. The minimum absolute atomic E-state index is 0.200. The molecule has 3 rings (SSSR count). The fourth-order valence-corrected chi connectivity index (χ4v) is 2.01. The Morgan fingerprint density at radius 2 is 2.31 bits per heavy atom. The van der Waals surface area contributed by atoms with Crippen molar-refractivity contribution in [1.82, 2.24) is 10.2 Å². The first-order valence-corrected chi connectivity index (χ1v) is 5.13. The van der Waals surface area contributed by atoms with Crippen LogP contribution in [0.5, 0.6) is 5.75 Å². The first-order chi connectivity index (χ1) is 7.74. The molecule has 1 N–H and O–H groups in total. The molecular formula is C10H7ClN2O3. The molecule has 1 aliphatic rings. The summed E-state index contributed by atoms with van der Waals surface area (Å²) in [6.45, 7) is 0.608. The van der Waals surface area contributed by atoms with Crippen molar-refractivity contribution in [3.8, 4) is 17.2 Å². The Labute approximate surface area is 95.0 Å². The van der Waals surface area contributed by atoms with Gasteiger partial charge in [0.15, 0.2) is 0 Å². The lowest BCUT2D eigenvalue weighted by Gasteiger charge is -2.04. The summed E-state index contributed by atoms with van der Waals surface area (Å²) in [4.78, 5) is 10.9. The van der Waals surface area contributed by atoms with E-state index >= 15 is 0 Å². The third-order valence-electron chi connectivity index (χ3n) is 2.42. The molecule has 1 aromatic heterocycles. The summed E-state index contributed by atoms with van der Waals surface area (Å²) >= 11 is 5.97. The zero-order chi connectivity index (χ0) is 11.1. The molecule has 16 heavy (non-hydrogen) atoms. The van der Waals surface area contributed by atoms with Gasteiger partial charge in [-0.1, -0.05) is 11.6 Å². The second kappa shape index (κ2) is 3.38. The number of nitrogens with zero attached hydrogens (tertiary/aromatic N) is 1. The van der Waals surface area contributed by atoms with Crippen LogP contribution >= 0.6 is 11.6 Å². The predicted octanol–water partition coefficient (Wildman–Crippen LogP) is 1.62. The van der Waals surface area contributed by atoms with Gasteiger partial charge in [-0.25, -0.2) is 9.89 Å². The van der Waals surface area contributed by atoms with Gasteiger partial charge in [-0.05, 0) is 17.7 Å². The van der Waals surface area contributed by atoms with E-state index in [0.717, 1.165) is 12.0 Å². The smallest absolute Gasteiger partial charge is 0.434 e. The Bertz CT molecular complexity index is 602. The molecule has 0 saturated heterocycles. The summed E-state index contributed by atoms with van der Waals surface area (Å²) in [5, 5.41) is 6.54. The fourth-order valence-electron chi connectivity index (χ4n) is 1.77. The van der Waals surface area contributed by atoms with E-state index in [1.807, 2.05) is 6.07 Å². The molecular weight excluding hydrogens is 232 g/mol. The minimum Gasteiger partial charge on any atom is -0.492 e. The number of halogens is 1. The second-order valence-corrected chi connectivity index (χ2v) is 3.89. The van der Waals surface area contributed by atoms with E-state index in [1.165, 1.54) is 0 Å². The number of fused-ring (bicyclic) bond motifs is 1. The Morgan fingerprint density at radius 3 is 3.06 bits per heavy atom. The standard InChI is InChI=1S/C10H7ClN2O3/c11-6-3-5-1-2-15-8(5)7(4-6)9-12-13-10(14)16-9/h3-4H,1-2H2,(H,13,14). The lowest BCUT2D eigenvalue weighted by molar-refractivity contribution is 0.357. The number of aromatic nitrogens is 2. The minimum atomic E-state index is -0.596. The summed E-state index contributed by atoms with van der Waals surface area (Å²) in [6.07, 6.45) is 0.803. The molecule has 82 valence electrons. The van der Waals surface area contributed by atoms with Gasteiger partial charge in [0.25, 0.3) is 5.89 Å². The number of aromatic amines is 1. The van der Waals surface area contributed by atoms with Gasteiger partial charge in [0.2, 0.25) is 0 Å². The number of H-pyrrole nitrogens is 1. The van der Waals surface area contributed by atoms with Crippen molar-refractivity contribution in [2.45, 2.75) is 6.42 Å². The van der Waals surface area contributed by atoms with Gasteiger partial charge in [0, 0.05) is 11.4 Å². The van der Waals surface area contributed by atoms with Gasteiger partial charge in [0.1, 0.15) is 5.75 Å². The van der Waals surface area contributed by atoms with Crippen LogP contribution in [0.3, 0.4) is 0 Å². The lowest BCUT2D eigenvalue weighted by atomic mass is 10.1. The topological polar surface area (TPSA) is 68.1 Å². The van der Waals surface area contributed by atoms with Crippen LogP contribution in [0.4, 0.5) is 0 Å². The zero-order valence-corrected chi connectivity index (χ0v) is 8.87. The molecule has 1 aromatic carbocycles. The second-order valence-electron chi connectivity index (χ2n) is 3.46. The highest BCUT2D eigenvalue weighted by atomic mass is 35.5. The monoisotopic (exact) mass is 238 g/mol. The van der Waals surface area contributed by atoms with E-state index in [2.05, 4.69) is 10.2 Å². The molecule has 0 saturated carbocycles. The van der Waals surface area contributed by atoms with Crippen LogP contribution in [0, 0.1) is 0 Å². The van der Waals surface area contributed by atoms with Gasteiger partial charge < -0.3 is 9.15 Å². The summed E-state index contributed by atoms with van der Waals surface area (Å²) < 4.78 is 10.4. The number of ether oxygens (including phenoxy) is 1. The average molecular weight is 239 g/mol. The van der Waals surface area contributed by atoms with Gasteiger partial charge in [0.05, 0.1) is 12.2 Å². The van der Waals surface area contributed by atoms with Crippen molar-refractivity contribution < 1.29 is 9.15 Å². The summed E-state index contributed by atoms with van der Waals surface area (Å²) in [5.74, 6) is 0.298. The molecule has 0 bridgehead atoms. The normalized spacial score (nSPS) is 13.6. The maximum atomic E-state index is 10.9. The van der Waals surface area contributed by atoms with Crippen LogP contribution in [-0.2, 0) is 6.42 Å². The molecule has 5 nitrogen and oxygen atoms in total. The molecule has 0 spiro atoms. The van der Waals surface area contributed by atoms with Crippen LogP contribution < -0.4 is 10.5 Å². The molecule has 0 aliphatic carbocycles. The quantitative estimate of drug-likeness (QED) is 0.820. The molecule has 0 radical (unpaired) electrons. The van der Waals surface area contributed by atoms with Crippen molar-refractivity contribution in [2.75, 3.05) is 6.61 Å². The molecule has 0 unspecified atom stereocenters. The third kappa shape index (κ3) is 1.40. The Balaban J connectivity index is 2.24. The Kier molecular flexibility index (Phi) is 2.00. The van der Waals surface area contributed by atoms with Crippen LogP contribution in [-0.4, -0.2) is 16.8 Å². The van der Waals surface area contributed by atoms with E-state index < -0.39 is 5.76 Å². The molecule has 1 aliphatic heterocycles. The van der Waals surface area contributed by atoms with E-state index in [0.29, 0.717) is 22.9 Å². The number of benzene rings is 1. The van der Waals surface area contributed by atoms with Crippen molar-refractivity contribution in [3.05, 3.63) is 33.3 Å². The van der Waals surface area contributed by atoms with E-state index in [-0.39, 0.29) is 5.89 Å². The van der Waals surface area contributed by atoms with Gasteiger partial charge >= 0.3 is 5.76 Å². The largest absolute Gasteiger partial charge is 0.492 e. The zero-order valence-electron chi connectivity index (χ0n) is 8.12. The predicted molar refractivity (Wildman–Crippen MR) is 56.8 cm³/mol. The first-order valence-electron chi connectivity index (χ1n) is 4.75. The van der Waals surface area contributed by atoms with Crippen LogP contribution in [0.25, 0.3) is 11.5 Å². The van der Waals surface area contributed by atoms with Gasteiger partial charge in [-0.3, -0.25) is 0 Å². The van der Waals surface area contributed by atoms with E-state index in [1.54, 1.807) is 6.07 Å². The number of hydrogen-bond acceptors (Lipinski definition) is 4. The maximum Gasteiger partial charge on any atom is 0.434 e. The van der Waals surface area contributed by atoms with Crippen molar-refractivity contribution >= 4 is 11.6 Å². The number of rotatable bonds is 1. The van der Waals surface area contributed by atoms with Crippen LogP contribution in [0.15, 0.2) is 21.3 Å². The molecule has 0 fully saturated rings. The van der Waals surface area contributed by atoms with Gasteiger partial charge in [-0.15, -0.1) is 5.10 Å².